The third-order valence-electron chi connectivity index (χ3n) is 4.74. The third kappa shape index (κ3) is 4.47. The number of rotatable bonds is 6. The second-order valence-corrected chi connectivity index (χ2v) is 7.09. The number of likely N-dealkylation sites (tertiary alicyclic amines) is 1. The first kappa shape index (κ1) is 19.8. The van der Waals surface area contributed by atoms with E-state index in [0.29, 0.717) is 5.75 Å². The zero-order valence-electron chi connectivity index (χ0n) is 16.2. The zero-order chi connectivity index (χ0) is 20.3. The first-order valence-corrected chi connectivity index (χ1v) is 9.05. The monoisotopic (exact) mass is 389 g/mol. The molecule has 0 saturated carbocycles. The van der Waals surface area contributed by atoms with E-state index in [1.807, 2.05) is 18.2 Å². The van der Waals surface area contributed by atoms with Crippen molar-refractivity contribution in [1.29, 1.82) is 0 Å². The number of halogens is 1. The van der Waals surface area contributed by atoms with Crippen LogP contribution in [-0.4, -0.2) is 76.6 Å². The SMILES string of the molecule is COc1cccc(CC(=O)N2C[C@@H](F)C[C@H]2Cn2cc(C(=O)N(C)C)nn2)c1. The first-order chi connectivity index (χ1) is 13.4. The van der Waals surface area contributed by atoms with E-state index in [-0.39, 0.29) is 49.5 Å². The van der Waals surface area contributed by atoms with Crippen molar-refractivity contribution in [3.05, 3.63) is 41.7 Å². The standard InChI is InChI=1S/C19H24FN5O3/c1-23(2)19(27)17-12-24(22-21-17)11-15-9-14(20)10-25(15)18(26)8-13-5-4-6-16(7-13)28-3/h4-7,12,14-15H,8-11H2,1-3H3/t14-,15-/m0/s1. The number of alkyl halides is 1. The highest BCUT2D eigenvalue weighted by Crippen LogP contribution is 2.23. The molecule has 0 radical (unpaired) electrons. The Morgan fingerprint density at radius 2 is 2.14 bits per heavy atom. The molecule has 8 nitrogen and oxygen atoms in total. The van der Waals surface area contributed by atoms with Gasteiger partial charge in [0.1, 0.15) is 11.9 Å². The maximum atomic E-state index is 14.1. The van der Waals surface area contributed by atoms with Gasteiger partial charge in [-0.05, 0) is 17.7 Å². The van der Waals surface area contributed by atoms with Gasteiger partial charge in [-0.15, -0.1) is 5.10 Å². The van der Waals surface area contributed by atoms with Crippen LogP contribution in [0.15, 0.2) is 30.5 Å². The molecule has 0 N–H and O–H groups in total. The lowest BCUT2D eigenvalue weighted by molar-refractivity contribution is -0.131. The van der Waals surface area contributed by atoms with Gasteiger partial charge in [0.05, 0.1) is 38.9 Å². The van der Waals surface area contributed by atoms with Gasteiger partial charge < -0.3 is 14.5 Å². The Morgan fingerprint density at radius 3 is 2.86 bits per heavy atom. The van der Waals surface area contributed by atoms with Gasteiger partial charge in [-0.1, -0.05) is 17.3 Å². The van der Waals surface area contributed by atoms with Crippen LogP contribution >= 0.6 is 0 Å². The Bertz CT molecular complexity index is 854. The quantitative estimate of drug-likeness (QED) is 0.741. The van der Waals surface area contributed by atoms with E-state index in [4.69, 9.17) is 4.74 Å². The van der Waals surface area contributed by atoms with Crippen molar-refractivity contribution in [3.8, 4) is 5.75 Å². The molecule has 0 bridgehead atoms. The first-order valence-electron chi connectivity index (χ1n) is 9.05. The fraction of sp³-hybridized carbons (Fsp3) is 0.474. The molecule has 1 aromatic heterocycles. The number of ether oxygens (including phenoxy) is 1. The Hall–Kier alpha value is -2.97. The molecule has 9 heteroatoms. The molecule has 0 spiro atoms. The van der Waals surface area contributed by atoms with Crippen LogP contribution in [0.25, 0.3) is 0 Å². The van der Waals surface area contributed by atoms with Crippen LogP contribution < -0.4 is 4.74 Å². The molecule has 1 fully saturated rings. The van der Waals surface area contributed by atoms with Crippen molar-refractivity contribution in [2.45, 2.75) is 31.6 Å². The lowest BCUT2D eigenvalue weighted by atomic mass is 10.1. The van der Waals surface area contributed by atoms with Crippen molar-refractivity contribution in [2.75, 3.05) is 27.7 Å². The van der Waals surface area contributed by atoms with Gasteiger partial charge in [0.2, 0.25) is 5.91 Å². The summed E-state index contributed by atoms with van der Waals surface area (Å²) in [6.07, 6.45) is 0.854. The van der Waals surface area contributed by atoms with E-state index < -0.39 is 6.17 Å². The summed E-state index contributed by atoms with van der Waals surface area (Å²) in [6, 6.07) is 6.93. The van der Waals surface area contributed by atoms with Gasteiger partial charge in [0, 0.05) is 20.5 Å². The summed E-state index contributed by atoms with van der Waals surface area (Å²) >= 11 is 0. The fourth-order valence-corrected chi connectivity index (χ4v) is 3.33. The van der Waals surface area contributed by atoms with Gasteiger partial charge in [-0.3, -0.25) is 9.59 Å². The molecule has 3 rings (SSSR count). The largest absolute Gasteiger partial charge is 0.497 e. The van der Waals surface area contributed by atoms with Gasteiger partial charge in [-0.2, -0.15) is 0 Å². The minimum atomic E-state index is -1.08. The van der Waals surface area contributed by atoms with Crippen LogP contribution in [0.1, 0.15) is 22.5 Å². The number of hydrogen-bond donors (Lipinski definition) is 0. The number of amides is 2. The predicted molar refractivity (Wildman–Crippen MR) is 99.8 cm³/mol. The lowest BCUT2D eigenvalue weighted by Crippen LogP contribution is -2.39. The molecule has 0 aliphatic carbocycles. The topological polar surface area (TPSA) is 80.6 Å². The van der Waals surface area contributed by atoms with Crippen LogP contribution in [0, 0.1) is 0 Å². The number of methoxy groups -OCH3 is 1. The number of carbonyl (C=O) groups is 2. The Labute approximate surface area is 162 Å². The maximum absolute atomic E-state index is 14.1. The minimum Gasteiger partial charge on any atom is -0.497 e. The summed E-state index contributed by atoms with van der Waals surface area (Å²) in [6.45, 7) is 0.351. The Balaban J connectivity index is 1.68. The van der Waals surface area contributed by atoms with E-state index >= 15 is 0 Å². The van der Waals surface area contributed by atoms with Crippen LogP contribution in [0.4, 0.5) is 4.39 Å². The van der Waals surface area contributed by atoms with Gasteiger partial charge in [-0.25, -0.2) is 9.07 Å². The van der Waals surface area contributed by atoms with Crippen molar-refractivity contribution < 1.29 is 18.7 Å². The van der Waals surface area contributed by atoms with Crippen LogP contribution in [0.5, 0.6) is 5.75 Å². The molecule has 150 valence electrons. The molecule has 28 heavy (non-hydrogen) atoms. The van der Waals surface area contributed by atoms with Crippen molar-refractivity contribution >= 4 is 11.8 Å². The third-order valence-corrected chi connectivity index (χ3v) is 4.74. The average molecular weight is 389 g/mol. The average Bonchev–Trinajstić information content (AvgIpc) is 3.28. The van der Waals surface area contributed by atoms with Crippen molar-refractivity contribution in [1.82, 2.24) is 24.8 Å². The van der Waals surface area contributed by atoms with Gasteiger partial charge in [0.15, 0.2) is 5.69 Å². The predicted octanol–water partition coefficient (Wildman–Crippen LogP) is 1.17. The molecule has 2 amide bonds. The number of benzene rings is 1. The molecular formula is C19H24FN5O3. The Kier molecular flexibility index (Phi) is 5.91. The number of carbonyl (C=O) groups excluding carboxylic acids is 2. The summed E-state index contributed by atoms with van der Waals surface area (Å²) in [5, 5.41) is 7.82. The van der Waals surface area contributed by atoms with Crippen LogP contribution in [-0.2, 0) is 17.8 Å². The maximum Gasteiger partial charge on any atom is 0.275 e. The van der Waals surface area contributed by atoms with Crippen LogP contribution in [0.3, 0.4) is 0 Å². The Morgan fingerprint density at radius 1 is 1.36 bits per heavy atom. The van der Waals surface area contributed by atoms with E-state index in [1.165, 1.54) is 15.8 Å². The summed E-state index contributed by atoms with van der Waals surface area (Å²) in [5.41, 5.74) is 1.03. The zero-order valence-corrected chi connectivity index (χ0v) is 16.2. The molecule has 2 atom stereocenters. The number of nitrogens with zero attached hydrogens (tertiary/aromatic N) is 5. The summed E-state index contributed by atoms with van der Waals surface area (Å²) < 4.78 is 20.7. The molecular weight excluding hydrogens is 365 g/mol. The van der Waals surface area contributed by atoms with Crippen molar-refractivity contribution in [3.63, 3.8) is 0 Å². The van der Waals surface area contributed by atoms with E-state index in [2.05, 4.69) is 10.3 Å². The number of hydrogen-bond acceptors (Lipinski definition) is 5. The molecule has 1 aromatic carbocycles. The highest BCUT2D eigenvalue weighted by atomic mass is 19.1. The second kappa shape index (κ2) is 8.37. The fourth-order valence-electron chi connectivity index (χ4n) is 3.33. The van der Waals surface area contributed by atoms with E-state index in [0.717, 1.165) is 5.56 Å². The summed E-state index contributed by atoms with van der Waals surface area (Å²) in [7, 11) is 4.83. The highest BCUT2D eigenvalue weighted by molar-refractivity contribution is 5.91. The molecule has 2 aromatic rings. The highest BCUT2D eigenvalue weighted by Gasteiger charge is 2.35. The van der Waals surface area contributed by atoms with Crippen LogP contribution in [0.2, 0.25) is 0 Å². The lowest BCUT2D eigenvalue weighted by Gasteiger charge is -2.24. The normalized spacial score (nSPS) is 18.9. The molecule has 1 aliphatic rings. The van der Waals surface area contributed by atoms with Gasteiger partial charge in [0.25, 0.3) is 5.91 Å². The molecule has 0 unspecified atom stereocenters. The van der Waals surface area contributed by atoms with Gasteiger partial charge >= 0.3 is 0 Å². The van der Waals surface area contributed by atoms with E-state index in [1.54, 1.807) is 32.2 Å². The smallest absolute Gasteiger partial charge is 0.275 e. The van der Waals surface area contributed by atoms with Crippen molar-refractivity contribution in [2.24, 2.45) is 0 Å². The second-order valence-electron chi connectivity index (χ2n) is 7.09. The minimum absolute atomic E-state index is 0.0612. The summed E-state index contributed by atoms with van der Waals surface area (Å²) in [4.78, 5) is 27.7. The molecule has 2 heterocycles. The molecule has 1 aliphatic heterocycles. The summed E-state index contributed by atoms with van der Waals surface area (Å²) in [5.74, 6) is 0.266. The molecule has 1 saturated heterocycles. The van der Waals surface area contributed by atoms with E-state index in [9.17, 15) is 14.0 Å². The number of aromatic nitrogens is 3.